The van der Waals surface area contributed by atoms with Gasteiger partial charge in [-0.1, -0.05) is 0 Å². The predicted octanol–water partition coefficient (Wildman–Crippen LogP) is 0.794. The predicted molar refractivity (Wildman–Crippen MR) is 72.8 cm³/mol. The van der Waals surface area contributed by atoms with Crippen LogP contribution >= 0.6 is 0 Å². The van der Waals surface area contributed by atoms with Crippen molar-refractivity contribution in [2.45, 2.75) is 75.7 Å². The van der Waals surface area contributed by atoms with Gasteiger partial charge in [-0.25, -0.2) is 0 Å². The van der Waals surface area contributed by atoms with Crippen molar-refractivity contribution in [2.24, 2.45) is 0 Å². The van der Waals surface area contributed by atoms with E-state index in [4.69, 9.17) is 18.9 Å². The van der Waals surface area contributed by atoms with Gasteiger partial charge in [0, 0.05) is 19.4 Å². The average molecular weight is 300 g/mol. The van der Waals surface area contributed by atoms with Crippen molar-refractivity contribution in [3.63, 3.8) is 0 Å². The van der Waals surface area contributed by atoms with Gasteiger partial charge >= 0.3 is 5.97 Å². The Kier molecular flexibility index (Phi) is 4.78. The van der Waals surface area contributed by atoms with Gasteiger partial charge in [-0.05, 0) is 19.8 Å². The van der Waals surface area contributed by atoms with Crippen LogP contribution in [0.25, 0.3) is 0 Å². The first-order chi connectivity index (χ1) is 10.2. The van der Waals surface area contributed by atoms with Crippen LogP contribution in [0.4, 0.5) is 0 Å². The molecule has 1 N–H and O–H groups in total. The molecule has 6 unspecified atom stereocenters. The fraction of sp³-hybridized carbons (Fsp3) is 0.933. The first-order valence-corrected chi connectivity index (χ1v) is 7.93. The molecule has 0 saturated carbocycles. The third kappa shape index (κ3) is 3.39. The van der Waals surface area contributed by atoms with Gasteiger partial charge in [-0.2, -0.15) is 0 Å². The summed E-state index contributed by atoms with van der Waals surface area (Å²) < 4.78 is 22.6. The molecule has 3 aliphatic rings. The first kappa shape index (κ1) is 15.2. The molecule has 3 heterocycles. The smallest absolute Gasteiger partial charge is 0.308 e. The van der Waals surface area contributed by atoms with Gasteiger partial charge in [-0.15, -0.1) is 0 Å². The Labute approximate surface area is 124 Å². The third-order valence-corrected chi connectivity index (χ3v) is 4.53. The number of hydrogen-bond acceptors (Lipinski definition) is 6. The third-order valence-electron chi connectivity index (χ3n) is 4.53. The highest BCUT2D eigenvalue weighted by molar-refractivity contribution is 5.70. The summed E-state index contributed by atoms with van der Waals surface area (Å²) in [5, 5.41) is 10.2. The summed E-state index contributed by atoms with van der Waals surface area (Å²) >= 11 is 0. The molecule has 3 aliphatic heterocycles. The van der Waals surface area contributed by atoms with E-state index >= 15 is 0 Å². The molecule has 0 radical (unpaired) electrons. The van der Waals surface area contributed by atoms with Crippen molar-refractivity contribution in [1.82, 2.24) is 0 Å². The fourth-order valence-electron chi connectivity index (χ4n) is 3.50. The van der Waals surface area contributed by atoms with Gasteiger partial charge in [0.1, 0.15) is 0 Å². The molecule has 0 bridgehead atoms. The fourth-order valence-corrected chi connectivity index (χ4v) is 3.50. The summed E-state index contributed by atoms with van der Waals surface area (Å²) in [4.78, 5) is 11.6. The molecule has 6 heteroatoms. The van der Waals surface area contributed by atoms with Crippen LogP contribution in [0.3, 0.4) is 0 Å². The Hall–Kier alpha value is -0.690. The van der Waals surface area contributed by atoms with Crippen molar-refractivity contribution in [3.05, 3.63) is 0 Å². The Bertz CT molecular complexity index is 373. The molecular weight excluding hydrogens is 276 g/mol. The van der Waals surface area contributed by atoms with Crippen molar-refractivity contribution in [1.29, 1.82) is 0 Å². The highest BCUT2D eigenvalue weighted by Crippen LogP contribution is 2.36. The number of carbonyl (C=O) groups is 1. The number of aliphatic hydroxyl groups excluding tert-OH is 1. The van der Waals surface area contributed by atoms with Crippen LogP contribution in [0.2, 0.25) is 0 Å². The van der Waals surface area contributed by atoms with E-state index in [-0.39, 0.29) is 36.8 Å². The number of aliphatic hydroxyl groups is 1. The Morgan fingerprint density at radius 1 is 1.19 bits per heavy atom. The lowest BCUT2D eigenvalue weighted by atomic mass is 9.87. The number of fused-ring (bicyclic) bond motifs is 2. The summed E-state index contributed by atoms with van der Waals surface area (Å²) in [6, 6.07) is 0. The monoisotopic (exact) mass is 300 g/mol. The van der Waals surface area contributed by atoms with Gasteiger partial charge < -0.3 is 24.1 Å². The normalized spacial score (nSPS) is 42.8. The summed E-state index contributed by atoms with van der Waals surface area (Å²) in [6.07, 6.45) is 2.23. The quantitative estimate of drug-likeness (QED) is 0.777. The zero-order valence-electron chi connectivity index (χ0n) is 12.4. The van der Waals surface area contributed by atoms with E-state index in [1.165, 1.54) is 0 Å². The lowest BCUT2D eigenvalue weighted by Gasteiger charge is -2.48. The molecule has 0 aromatic rings. The van der Waals surface area contributed by atoms with Gasteiger partial charge in [0.25, 0.3) is 0 Å². The van der Waals surface area contributed by atoms with Crippen LogP contribution in [-0.2, 0) is 23.7 Å². The molecule has 6 nitrogen and oxygen atoms in total. The van der Waals surface area contributed by atoms with E-state index in [0.29, 0.717) is 13.0 Å². The van der Waals surface area contributed by atoms with Crippen LogP contribution in [0.5, 0.6) is 0 Å². The largest absolute Gasteiger partial charge is 0.466 e. The topological polar surface area (TPSA) is 74.2 Å². The molecule has 0 aromatic carbocycles. The van der Waals surface area contributed by atoms with Gasteiger partial charge in [0.15, 0.2) is 0 Å². The SMILES string of the molecule is CCOC(=O)CC1OC2CC3OCCCC3OC2CC1O. The molecular formula is C15H24O6. The van der Waals surface area contributed by atoms with E-state index in [1.807, 2.05) is 0 Å². The molecule has 0 spiro atoms. The highest BCUT2D eigenvalue weighted by atomic mass is 16.6. The molecule has 120 valence electrons. The number of carbonyl (C=O) groups excluding carboxylic acids is 1. The molecule has 0 aromatic heterocycles. The second-order valence-electron chi connectivity index (χ2n) is 6.03. The van der Waals surface area contributed by atoms with Crippen molar-refractivity contribution < 1.29 is 28.8 Å². The maximum atomic E-state index is 11.6. The van der Waals surface area contributed by atoms with E-state index in [9.17, 15) is 9.90 Å². The first-order valence-electron chi connectivity index (χ1n) is 7.93. The average Bonchev–Trinajstić information content (AvgIpc) is 2.46. The highest BCUT2D eigenvalue weighted by Gasteiger charge is 2.46. The molecule has 21 heavy (non-hydrogen) atoms. The second-order valence-corrected chi connectivity index (χ2v) is 6.03. The standard InChI is InChI=1S/C15H24O6/c1-2-18-15(17)8-11-9(16)6-13-14(21-11)7-12-10(20-13)4-3-5-19-12/h9-14,16H,2-8H2,1H3. The molecule has 3 rings (SSSR count). The molecule has 6 atom stereocenters. The van der Waals surface area contributed by atoms with Gasteiger partial charge in [0.2, 0.25) is 0 Å². The number of rotatable bonds is 3. The zero-order valence-corrected chi connectivity index (χ0v) is 12.4. The Morgan fingerprint density at radius 3 is 2.81 bits per heavy atom. The van der Waals surface area contributed by atoms with Crippen molar-refractivity contribution in [2.75, 3.05) is 13.2 Å². The number of ether oxygens (including phenoxy) is 4. The minimum atomic E-state index is -0.684. The zero-order chi connectivity index (χ0) is 14.8. The van der Waals surface area contributed by atoms with Crippen molar-refractivity contribution >= 4 is 5.97 Å². The van der Waals surface area contributed by atoms with Crippen LogP contribution < -0.4 is 0 Å². The van der Waals surface area contributed by atoms with Crippen LogP contribution in [-0.4, -0.2) is 60.9 Å². The Balaban J connectivity index is 1.59. The summed E-state index contributed by atoms with van der Waals surface area (Å²) in [7, 11) is 0. The van der Waals surface area contributed by atoms with E-state index in [1.54, 1.807) is 6.92 Å². The number of hydrogen-bond donors (Lipinski definition) is 1. The number of esters is 1. The lowest BCUT2D eigenvalue weighted by Crippen LogP contribution is -2.57. The molecule has 0 aliphatic carbocycles. The maximum absolute atomic E-state index is 11.6. The second kappa shape index (κ2) is 6.60. The molecule has 0 amide bonds. The summed E-state index contributed by atoms with van der Waals surface area (Å²) in [5.74, 6) is -0.330. The van der Waals surface area contributed by atoms with Crippen LogP contribution in [0.15, 0.2) is 0 Å². The van der Waals surface area contributed by atoms with E-state index in [0.717, 1.165) is 25.9 Å². The summed E-state index contributed by atoms with van der Waals surface area (Å²) in [5.41, 5.74) is 0. The van der Waals surface area contributed by atoms with Crippen molar-refractivity contribution in [3.8, 4) is 0 Å². The maximum Gasteiger partial charge on any atom is 0.308 e. The van der Waals surface area contributed by atoms with Crippen LogP contribution in [0, 0.1) is 0 Å². The van der Waals surface area contributed by atoms with E-state index in [2.05, 4.69) is 0 Å². The Morgan fingerprint density at radius 2 is 2.00 bits per heavy atom. The minimum absolute atomic E-state index is 0.0819. The van der Waals surface area contributed by atoms with E-state index < -0.39 is 12.2 Å². The van der Waals surface area contributed by atoms with Crippen LogP contribution in [0.1, 0.15) is 39.0 Å². The summed E-state index contributed by atoms with van der Waals surface area (Å²) in [6.45, 7) is 2.88. The van der Waals surface area contributed by atoms with Gasteiger partial charge in [0.05, 0.1) is 49.7 Å². The lowest BCUT2D eigenvalue weighted by molar-refractivity contribution is -0.259. The van der Waals surface area contributed by atoms with Gasteiger partial charge in [-0.3, -0.25) is 4.79 Å². The molecule has 3 saturated heterocycles. The minimum Gasteiger partial charge on any atom is -0.466 e. The molecule has 3 fully saturated rings.